The number of rotatable bonds is 3. The van der Waals surface area contributed by atoms with E-state index in [0.29, 0.717) is 25.0 Å². The molecule has 1 saturated heterocycles. The minimum Gasteiger partial charge on any atom is -0.375 e. The van der Waals surface area contributed by atoms with E-state index in [-0.39, 0.29) is 17.0 Å². The third-order valence-corrected chi connectivity index (χ3v) is 6.74. The third-order valence-electron chi connectivity index (χ3n) is 5.57. The maximum atomic E-state index is 8.88. The lowest BCUT2D eigenvalue weighted by atomic mass is 9.96. The van der Waals surface area contributed by atoms with Crippen molar-refractivity contribution < 1.29 is 4.74 Å². The Morgan fingerprint density at radius 2 is 2.29 bits per heavy atom. The molecule has 2 fully saturated rings. The molecule has 0 N–H and O–H groups in total. The fourth-order valence-corrected chi connectivity index (χ4v) is 5.33. The summed E-state index contributed by atoms with van der Waals surface area (Å²) in [5, 5.41) is 11.0. The van der Waals surface area contributed by atoms with Gasteiger partial charge in [0, 0.05) is 12.1 Å². The number of hydrogen-bond acceptors (Lipinski definition) is 6. The van der Waals surface area contributed by atoms with Crippen LogP contribution in [0.4, 0.5) is 0 Å². The number of amidine groups is 1. The van der Waals surface area contributed by atoms with Crippen molar-refractivity contribution in [3.05, 3.63) is 23.8 Å². The zero-order valence-corrected chi connectivity index (χ0v) is 14.3. The molecule has 124 valence electrons. The van der Waals surface area contributed by atoms with Crippen molar-refractivity contribution in [1.29, 1.82) is 5.26 Å². The second kappa shape index (κ2) is 5.47. The van der Waals surface area contributed by atoms with Gasteiger partial charge in [-0.2, -0.15) is 5.26 Å². The van der Waals surface area contributed by atoms with Crippen molar-refractivity contribution in [2.45, 2.75) is 55.2 Å². The molecule has 1 saturated carbocycles. The molecule has 4 heterocycles. The molecule has 0 bridgehead atoms. The largest absolute Gasteiger partial charge is 0.375 e. The fraction of sp³-hybridized carbons (Fsp3) is 0.611. The van der Waals surface area contributed by atoms with Crippen molar-refractivity contribution in [3.8, 4) is 6.07 Å². The van der Waals surface area contributed by atoms with Crippen molar-refractivity contribution >= 4 is 23.3 Å². The van der Waals surface area contributed by atoms with Gasteiger partial charge in [0.25, 0.3) is 0 Å². The summed E-state index contributed by atoms with van der Waals surface area (Å²) in [6.45, 7) is 0.697. The van der Waals surface area contributed by atoms with Crippen molar-refractivity contribution in [3.63, 3.8) is 0 Å². The zero-order chi connectivity index (χ0) is 16.1. The second-order valence-corrected chi connectivity index (χ2v) is 8.25. The Morgan fingerprint density at radius 3 is 3.04 bits per heavy atom. The number of nitriles is 1. The molecule has 0 aromatic carbocycles. The van der Waals surface area contributed by atoms with Crippen LogP contribution in [0.5, 0.6) is 0 Å². The lowest BCUT2D eigenvalue weighted by Crippen LogP contribution is -2.54. The van der Waals surface area contributed by atoms with Crippen LogP contribution < -0.4 is 0 Å². The quantitative estimate of drug-likeness (QED) is 0.792. The number of aliphatic imine (C=N–C) groups is 2. The van der Waals surface area contributed by atoms with E-state index in [2.05, 4.69) is 33.5 Å². The van der Waals surface area contributed by atoms with Crippen molar-refractivity contribution in [1.82, 2.24) is 4.90 Å². The first-order valence-corrected chi connectivity index (χ1v) is 9.66. The number of thioether (sulfide) groups is 1. The van der Waals surface area contributed by atoms with Gasteiger partial charge in [-0.15, -0.1) is 0 Å². The fourth-order valence-electron chi connectivity index (χ4n) is 4.21. The zero-order valence-electron chi connectivity index (χ0n) is 13.5. The standard InChI is InChI=1S/C18H20N4OS/c19-8-5-14-4-3-13(11-23-14)22-16-6-9-20-15-7-10-24-18(15,16)21-17(22)12-1-2-12/h6-7,9-10,12-14,16H,1-5,11H2/t13-,14+,16?,18?/m0/s1. The van der Waals surface area contributed by atoms with Gasteiger partial charge in [0.05, 0.1) is 43.0 Å². The van der Waals surface area contributed by atoms with E-state index in [0.717, 1.165) is 18.6 Å². The molecule has 1 spiro atoms. The predicted octanol–water partition coefficient (Wildman–Crippen LogP) is 2.87. The van der Waals surface area contributed by atoms with Gasteiger partial charge in [-0.25, -0.2) is 4.99 Å². The highest BCUT2D eigenvalue weighted by atomic mass is 32.2. The molecule has 5 aliphatic rings. The summed E-state index contributed by atoms with van der Waals surface area (Å²) in [7, 11) is 0. The summed E-state index contributed by atoms with van der Waals surface area (Å²) in [4.78, 5) is 12.1. The third kappa shape index (κ3) is 2.11. The molecule has 0 aromatic rings. The van der Waals surface area contributed by atoms with Crippen LogP contribution >= 0.6 is 11.8 Å². The lowest BCUT2D eigenvalue weighted by molar-refractivity contribution is -0.0224. The second-order valence-electron chi connectivity index (χ2n) is 7.12. The van der Waals surface area contributed by atoms with Gasteiger partial charge >= 0.3 is 0 Å². The SMILES string of the molecule is N#CC[C@H]1CC[C@H](N2C(C3CC3)=NC34SC=CC3=NC=CC24)CO1. The molecule has 0 amide bonds. The van der Waals surface area contributed by atoms with Gasteiger partial charge < -0.3 is 9.64 Å². The van der Waals surface area contributed by atoms with E-state index in [4.69, 9.17) is 15.0 Å². The summed E-state index contributed by atoms with van der Waals surface area (Å²) in [5.74, 6) is 1.88. The molecule has 5 nitrogen and oxygen atoms in total. The highest BCUT2D eigenvalue weighted by Crippen LogP contribution is 2.51. The maximum absolute atomic E-state index is 8.88. The minimum atomic E-state index is -0.268. The van der Waals surface area contributed by atoms with Gasteiger partial charge in [0.1, 0.15) is 5.84 Å². The van der Waals surface area contributed by atoms with Crippen LogP contribution in [0.2, 0.25) is 0 Å². The first-order valence-electron chi connectivity index (χ1n) is 8.78. The van der Waals surface area contributed by atoms with Crippen molar-refractivity contribution in [2.75, 3.05) is 6.61 Å². The van der Waals surface area contributed by atoms with E-state index in [1.807, 2.05) is 6.20 Å². The predicted molar refractivity (Wildman–Crippen MR) is 94.8 cm³/mol. The normalized spacial score (nSPS) is 40.0. The van der Waals surface area contributed by atoms with E-state index < -0.39 is 0 Å². The van der Waals surface area contributed by atoms with E-state index in [9.17, 15) is 0 Å². The van der Waals surface area contributed by atoms with Gasteiger partial charge in [0.2, 0.25) is 0 Å². The van der Waals surface area contributed by atoms with E-state index >= 15 is 0 Å². The molecule has 24 heavy (non-hydrogen) atoms. The van der Waals surface area contributed by atoms with Crippen LogP contribution in [0.15, 0.2) is 33.7 Å². The Kier molecular flexibility index (Phi) is 3.36. The Bertz CT molecular complexity index is 709. The van der Waals surface area contributed by atoms with Crippen LogP contribution in [-0.4, -0.2) is 46.1 Å². The summed E-state index contributed by atoms with van der Waals surface area (Å²) in [5.41, 5.74) is 1.08. The van der Waals surface area contributed by atoms with E-state index in [1.54, 1.807) is 11.8 Å². The molecule has 2 unspecified atom stereocenters. The molecule has 5 rings (SSSR count). The molecule has 0 radical (unpaired) electrons. The van der Waals surface area contributed by atoms with Crippen LogP contribution in [0.3, 0.4) is 0 Å². The van der Waals surface area contributed by atoms with Crippen molar-refractivity contribution in [2.24, 2.45) is 15.9 Å². The number of ether oxygens (including phenoxy) is 1. The molecule has 4 aliphatic heterocycles. The molecule has 0 aromatic heterocycles. The number of nitrogens with zero attached hydrogens (tertiary/aromatic N) is 4. The average Bonchev–Trinajstić information content (AvgIpc) is 3.27. The van der Waals surface area contributed by atoms with E-state index in [1.165, 1.54) is 18.7 Å². The van der Waals surface area contributed by atoms with Crippen LogP contribution in [-0.2, 0) is 4.74 Å². The Labute approximate surface area is 146 Å². The smallest absolute Gasteiger partial charge is 0.177 e. The average molecular weight is 340 g/mol. The maximum Gasteiger partial charge on any atom is 0.177 e. The molecule has 4 atom stereocenters. The highest BCUT2D eigenvalue weighted by molar-refractivity contribution is 8.04. The molecule has 1 aliphatic carbocycles. The Balaban J connectivity index is 1.44. The van der Waals surface area contributed by atoms with Crippen LogP contribution in [0.25, 0.3) is 0 Å². The molecular formula is C18H20N4OS. The van der Waals surface area contributed by atoms with Gasteiger partial charge in [-0.1, -0.05) is 11.8 Å². The first-order chi connectivity index (χ1) is 11.8. The topological polar surface area (TPSA) is 61.0 Å². The Hall–Kier alpha value is -1.58. The van der Waals surface area contributed by atoms with Gasteiger partial charge in [0.15, 0.2) is 4.87 Å². The summed E-state index contributed by atoms with van der Waals surface area (Å²) in [6, 6.07) is 2.83. The summed E-state index contributed by atoms with van der Waals surface area (Å²) in [6.07, 6.45) is 11.4. The summed E-state index contributed by atoms with van der Waals surface area (Å²) >= 11 is 1.79. The minimum absolute atomic E-state index is 0.102. The van der Waals surface area contributed by atoms with Gasteiger partial charge in [-0.05, 0) is 43.2 Å². The first kappa shape index (κ1) is 14.7. The van der Waals surface area contributed by atoms with Crippen LogP contribution in [0.1, 0.15) is 32.1 Å². The van der Waals surface area contributed by atoms with Gasteiger partial charge in [-0.3, -0.25) is 4.99 Å². The summed E-state index contributed by atoms with van der Waals surface area (Å²) < 4.78 is 5.98. The van der Waals surface area contributed by atoms with Crippen LogP contribution in [0, 0.1) is 17.2 Å². The Morgan fingerprint density at radius 1 is 1.38 bits per heavy atom. The number of hydrogen-bond donors (Lipinski definition) is 0. The highest BCUT2D eigenvalue weighted by Gasteiger charge is 2.57. The molecular weight excluding hydrogens is 320 g/mol. The monoisotopic (exact) mass is 340 g/mol. The lowest BCUT2D eigenvalue weighted by Gasteiger charge is -2.42. The molecule has 6 heteroatoms.